The van der Waals surface area contributed by atoms with Crippen molar-refractivity contribution in [3.63, 3.8) is 0 Å². The molecule has 1 aliphatic rings. The normalized spacial score (nSPS) is 13.5. The Bertz CT molecular complexity index is 1080. The van der Waals surface area contributed by atoms with Crippen LogP contribution in [0.3, 0.4) is 0 Å². The molecule has 1 N–H and O–H groups in total. The van der Waals surface area contributed by atoms with Gasteiger partial charge in [-0.1, -0.05) is 23.7 Å². The van der Waals surface area contributed by atoms with Crippen molar-refractivity contribution in [2.75, 3.05) is 18.4 Å². The molecular formula is C23H23ClN4O2. The van der Waals surface area contributed by atoms with E-state index in [0.717, 1.165) is 48.4 Å². The number of rotatable bonds is 4. The van der Waals surface area contributed by atoms with E-state index in [4.69, 9.17) is 11.6 Å². The number of nitrogens with zero attached hydrogens (tertiary/aromatic N) is 3. The maximum absolute atomic E-state index is 12.6. The van der Waals surface area contributed by atoms with Crippen LogP contribution in [-0.4, -0.2) is 39.6 Å². The summed E-state index contributed by atoms with van der Waals surface area (Å²) in [6.07, 6.45) is 2.12. The maximum atomic E-state index is 12.6. The number of hydrogen-bond donors (Lipinski definition) is 1. The molecule has 2 aromatic carbocycles. The summed E-state index contributed by atoms with van der Waals surface area (Å²) in [5, 5.41) is 8.21. The molecule has 1 saturated heterocycles. The topological polar surface area (TPSA) is 67.2 Å². The molecule has 154 valence electrons. The Morgan fingerprint density at radius 3 is 2.23 bits per heavy atom. The molecule has 0 radical (unpaired) electrons. The van der Waals surface area contributed by atoms with Crippen LogP contribution in [0.4, 0.5) is 5.82 Å². The minimum atomic E-state index is -0.188. The molecule has 0 atom stereocenters. The lowest BCUT2D eigenvalue weighted by Crippen LogP contribution is -2.27. The molecule has 0 bridgehead atoms. The Kier molecular flexibility index (Phi) is 5.59. The zero-order chi connectivity index (χ0) is 21.3. The van der Waals surface area contributed by atoms with Gasteiger partial charge in [-0.05, 0) is 61.7 Å². The summed E-state index contributed by atoms with van der Waals surface area (Å²) in [6, 6.07) is 14.8. The molecule has 2 heterocycles. The summed E-state index contributed by atoms with van der Waals surface area (Å²) in [7, 11) is 0. The average Bonchev–Trinajstić information content (AvgIpc) is 3.37. The van der Waals surface area contributed by atoms with Gasteiger partial charge in [-0.2, -0.15) is 5.10 Å². The molecule has 30 heavy (non-hydrogen) atoms. The quantitative estimate of drug-likeness (QED) is 0.662. The van der Waals surface area contributed by atoms with Crippen molar-refractivity contribution in [2.45, 2.75) is 26.7 Å². The van der Waals surface area contributed by atoms with Crippen molar-refractivity contribution < 1.29 is 9.59 Å². The molecule has 0 unspecified atom stereocenters. The second-order valence-corrected chi connectivity index (χ2v) is 7.89. The van der Waals surface area contributed by atoms with Crippen LogP contribution >= 0.6 is 11.6 Å². The molecule has 0 aliphatic carbocycles. The molecule has 1 aromatic heterocycles. The first-order valence-corrected chi connectivity index (χ1v) is 10.3. The van der Waals surface area contributed by atoms with Crippen LogP contribution in [-0.2, 0) is 4.79 Å². The second-order valence-electron chi connectivity index (χ2n) is 7.46. The Morgan fingerprint density at radius 1 is 1.00 bits per heavy atom. The Hall–Kier alpha value is -3.12. The fourth-order valence-corrected chi connectivity index (χ4v) is 3.93. The highest BCUT2D eigenvalue weighted by Gasteiger charge is 2.21. The third kappa shape index (κ3) is 3.96. The number of nitrogens with one attached hydrogen (secondary N) is 1. The number of amides is 2. The van der Waals surface area contributed by atoms with Crippen LogP contribution < -0.4 is 5.32 Å². The average molecular weight is 423 g/mol. The number of carbonyl (C=O) groups excluding carboxylic acids is 2. The van der Waals surface area contributed by atoms with Crippen LogP contribution in [0.1, 0.15) is 35.8 Å². The summed E-state index contributed by atoms with van der Waals surface area (Å²) < 4.78 is 1.70. The van der Waals surface area contributed by atoms with Crippen molar-refractivity contribution in [2.24, 2.45) is 0 Å². The van der Waals surface area contributed by atoms with Gasteiger partial charge in [0.1, 0.15) is 5.82 Å². The van der Waals surface area contributed by atoms with Gasteiger partial charge in [0.05, 0.1) is 11.4 Å². The largest absolute Gasteiger partial charge is 0.339 e. The highest BCUT2D eigenvalue weighted by Crippen LogP contribution is 2.34. The summed E-state index contributed by atoms with van der Waals surface area (Å²) in [5.41, 5.74) is 3.94. The lowest BCUT2D eigenvalue weighted by atomic mass is 10.1. The van der Waals surface area contributed by atoms with Gasteiger partial charge in [-0.15, -0.1) is 0 Å². The fourth-order valence-electron chi connectivity index (χ4n) is 3.81. The van der Waals surface area contributed by atoms with E-state index in [9.17, 15) is 9.59 Å². The Labute approximate surface area is 180 Å². The van der Waals surface area contributed by atoms with Gasteiger partial charge >= 0.3 is 0 Å². The van der Waals surface area contributed by atoms with Gasteiger partial charge in [0.15, 0.2) is 0 Å². The monoisotopic (exact) mass is 422 g/mol. The van der Waals surface area contributed by atoms with Crippen molar-refractivity contribution in [3.8, 4) is 16.8 Å². The van der Waals surface area contributed by atoms with Gasteiger partial charge in [0.2, 0.25) is 5.91 Å². The standard InChI is InChI=1S/C23H23ClN4O2/c1-15-21(17-5-9-19(24)10-6-17)22(25-16(2)29)28(26-15)20-11-7-18(8-12-20)23(30)27-13-3-4-14-27/h5-12H,3-4,13-14H2,1-2H3,(H,25,29). The summed E-state index contributed by atoms with van der Waals surface area (Å²) in [4.78, 5) is 26.4. The number of hydrogen-bond acceptors (Lipinski definition) is 3. The van der Waals surface area contributed by atoms with E-state index >= 15 is 0 Å². The molecule has 7 heteroatoms. The smallest absolute Gasteiger partial charge is 0.253 e. The first-order valence-electron chi connectivity index (χ1n) is 9.97. The Balaban J connectivity index is 1.73. The molecule has 0 spiro atoms. The SMILES string of the molecule is CC(=O)Nc1c(-c2ccc(Cl)cc2)c(C)nn1-c1ccc(C(=O)N2CCCC2)cc1. The number of likely N-dealkylation sites (tertiary alicyclic amines) is 1. The molecule has 0 saturated carbocycles. The minimum absolute atomic E-state index is 0.0552. The van der Waals surface area contributed by atoms with Crippen molar-refractivity contribution in [3.05, 3.63) is 64.8 Å². The van der Waals surface area contributed by atoms with Gasteiger partial charge in [0.25, 0.3) is 5.91 Å². The fraction of sp³-hybridized carbons (Fsp3) is 0.261. The minimum Gasteiger partial charge on any atom is -0.339 e. The van der Waals surface area contributed by atoms with Gasteiger partial charge < -0.3 is 10.2 Å². The van der Waals surface area contributed by atoms with Crippen LogP contribution in [0, 0.1) is 6.92 Å². The van der Waals surface area contributed by atoms with Crippen LogP contribution in [0.2, 0.25) is 5.02 Å². The first-order chi connectivity index (χ1) is 14.4. The first kappa shape index (κ1) is 20.2. The predicted octanol–water partition coefficient (Wildman–Crippen LogP) is 4.70. The second kappa shape index (κ2) is 8.32. The number of aryl methyl sites for hydroxylation is 1. The van der Waals surface area contributed by atoms with E-state index in [1.807, 2.05) is 60.4 Å². The third-order valence-electron chi connectivity index (χ3n) is 5.24. The van der Waals surface area contributed by atoms with Crippen molar-refractivity contribution in [1.29, 1.82) is 0 Å². The van der Waals surface area contributed by atoms with Crippen LogP contribution in [0.25, 0.3) is 16.8 Å². The molecule has 4 rings (SSSR count). The van der Waals surface area contributed by atoms with Crippen LogP contribution in [0.15, 0.2) is 48.5 Å². The number of carbonyl (C=O) groups is 2. The van der Waals surface area contributed by atoms with E-state index in [1.54, 1.807) is 4.68 Å². The Morgan fingerprint density at radius 2 is 1.63 bits per heavy atom. The summed E-state index contributed by atoms with van der Waals surface area (Å²) in [6.45, 7) is 5.00. The van der Waals surface area contributed by atoms with Crippen molar-refractivity contribution >= 4 is 29.2 Å². The zero-order valence-electron chi connectivity index (χ0n) is 17.0. The number of aromatic nitrogens is 2. The summed E-state index contributed by atoms with van der Waals surface area (Å²) in [5.74, 6) is 0.452. The highest BCUT2D eigenvalue weighted by molar-refractivity contribution is 6.30. The van der Waals surface area contributed by atoms with E-state index in [-0.39, 0.29) is 11.8 Å². The van der Waals surface area contributed by atoms with Crippen molar-refractivity contribution in [1.82, 2.24) is 14.7 Å². The molecule has 1 aliphatic heterocycles. The number of anilines is 1. The molecular weight excluding hydrogens is 400 g/mol. The lowest BCUT2D eigenvalue weighted by molar-refractivity contribution is -0.114. The maximum Gasteiger partial charge on any atom is 0.253 e. The zero-order valence-corrected chi connectivity index (χ0v) is 17.7. The van der Waals surface area contributed by atoms with E-state index in [2.05, 4.69) is 10.4 Å². The molecule has 1 fully saturated rings. The predicted molar refractivity (Wildman–Crippen MR) is 118 cm³/mol. The van der Waals surface area contributed by atoms with Gasteiger partial charge in [-0.25, -0.2) is 4.68 Å². The molecule has 3 aromatic rings. The van der Waals surface area contributed by atoms with E-state index in [1.165, 1.54) is 6.92 Å². The lowest BCUT2D eigenvalue weighted by Gasteiger charge is -2.15. The van der Waals surface area contributed by atoms with Crippen LogP contribution in [0.5, 0.6) is 0 Å². The summed E-state index contributed by atoms with van der Waals surface area (Å²) >= 11 is 6.03. The van der Waals surface area contributed by atoms with Gasteiger partial charge in [0, 0.05) is 36.2 Å². The van der Waals surface area contributed by atoms with Gasteiger partial charge in [-0.3, -0.25) is 9.59 Å². The van der Waals surface area contributed by atoms with E-state index < -0.39 is 0 Å². The molecule has 2 amide bonds. The third-order valence-corrected chi connectivity index (χ3v) is 5.49. The highest BCUT2D eigenvalue weighted by atomic mass is 35.5. The number of benzene rings is 2. The number of halogens is 1. The van der Waals surface area contributed by atoms with E-state index in [0.29, 0.717) is 16.4 Å². The molecule has 6 nitrogen and oxygen atoms in total.